The zero-order valence-corrected chi connectivity index (χ0v) is 16.2. The Morgan fingerprint density at radius 2 is 1.61 bits per heavy atom. The third-order valence-electron chi connectivity index (χ3n) is 4.74. The third kappa shape index (κ3) is 5.71. The molecule has 2 amide bonds. The number of nitrogens with one attached hydrogen (secondary N) is 2. The van der Waals surface area contributed by atoms with Crippen LogP contribution in [0.1, 0.15) is 33.6 Å². The molecule has 0 bridgehead atoms. The van der Waals surface area contributed by atoms with E-state index in [9.17, 15) is 32.9 Å². The van der Waals surface area contributed by atoms with Crippen LogP contribution < -0.4 is 15.5 Å². The second-order valence-corrected chi connectivity index (χ2v) is 6.98. The monoisotopic (exact) mass is 436 g/mol. The molecule has 0 radical (unpaired) electrons. The number of halogens is 3. The summed E-state index contributed by atoms with van der Waals surface area (Å²) in [5.74, 6) is -1.49. The maximum absolute atomic E-state index is 12.5. The molecule has 31 heavy (non-hydrogen) atoms. The van der Waals surface area contributed by atoms with E-state index in [-0.39, 0.29) is 22.5 Å². The molecular formula is C20H19F3N4O4. The molecule has 0 aliphatic carbocycles. The lowest BCUT2D eigenvalue weighted by atomic mass is 10.1. The first-order valence-corrected chi connectivity index (χ1v) is 9.44. The van der Waals surface area contributed by atoms with Gasteiger partial charge in [-0.15, -0.1) is 0 Å². The summed E-state index contributed by atoms with van der Waals surface area (Å²) in [6, 6.07) is 9.49. The van der Waals surface area contributed by atoms with Crippen molar-refractivity contribution < 1.29 is 27.7 Å². The van der Waals surface area contributed by atoms with Crippen molar-refractivity contribution >= 4 is 28.9 Å². The molecule has 0 aromatic heterocycles. The molecule has 0 spiro atoms. The largest absolute Gasteiger partial charge is 0.405 e. The van der Waals surface area contributed by atoms with Crippen LogP contribution in [0.5, 0.6) is 0 Å². The molecule has 1 saturated heterocycles. The molecular weight excluding hydrogens is 417 g/mol. The summed E-state index contributed by atoms with van der Waals surface area (Å²) < 4.78 is 36.6. The molecule has 1 aliphatic rings. The SMILES string of the molecule is O=C(NCC(F)(F)F)c1ccc(NC(=O)c2ccc(N3CCCC3)c([N+](=O)[O-])c2)cc1. The number of hydrogen-bond acceptors (Lipinski definition) is 5. The van der Waals surface area contributed by atoms with Crippen molar-refractivity contribution in [1.82, 2.24) is 5.32 Å². The molecule has 3 rings (SSSR count). The summed E-state index contributed by atoms with van der Waals surface area (Å²) >= 11 is 0. The first kappa shape index (κ1) is 22.1. The molecule has 2 aromatic carbocycles. The molecule has 2 aromatic rings. The second kappa shape index (κ2) is 9.02. The van der Waals surface area contributed by atoms with Crippen LogP contribution in [0.3, 0.4) is 0 Å². The van der Waals surface area contributed by atoms with E-state index in [2.05, 4.69) is 5.32 Å². The summed E-state index contributed by atoms with van der Waals surface area (Å²) in [7, 11) is 0. The minimum absolute atomic E-state index is 0.00662. The number of nitrogens with zero attached hydrogens (tertiary/aromatic N) is 2. The van der Waals surface area contributed by atoms with Gasteiger partial charge in [-0.2, -0.15) is 13.2 Å². The Hall–Kier alpha value is -3.63. The number of rotatable bonds is 6. The summed E-state index contributed by atoms with van der Waals surface area (Å²) in [4.78, 5) is 37.1. The molecule has 0 unspecified atom stereocenters. The fraction of sp³-hybridized carbons (Fsp3) is 0.300. The van der Waals surface area contributed by atoms with E-state index in [0.717, 1.165) is 25.9 Å². The summed E-state index contributed by atoms with van der Waals surface area (Å²) in [6.07, 6.45) is -2.62. The second-order valence-electron chi connectivity index (χ2n) is 6.98. The smallest absolute Gasteiger partial charge is 0.366 e. The summed E-state index contributed by atoms with van der Waals surface area (Å²) in [5, 5.41) is 15.8. The molecule has 164 valence electrons. The van der Waals surface area contributed by atoms with Crippen molar-refractivity contribution in [1.29, 1.82) is 0 Å². The topological polar surface area (TPSA) is 105 Å². The van der Waals surface area contributed by atoms with Gasteiger partial charge in [0.2, 0.25) is 0 Å². The Balaban J connectivity index is 1.69. The lowest BCUT2D eigenvalue weighted by Crippen LogP contribution is -2.33. The fourth-order valence-electron chi connectivity index (χ4n) is 3.23. The van der Waals surface area contributed by atoms with Gasteiger partial charge in [-0.05, 0) is 49.2 Å². The zero-order chi connectivity index (χ0) is 22.6. The zero-order valence-electron chi connectivity index (χ0n) is 16.2. The van der Waals surface area contributed by atoms with Gasteiger partial charge in [-0.3, -0.25) is 19.7 Å². The Bertz CT molecular complexity index is 987. The lowest BCUT2D eigenvalue weighted by molar-refractivity contribution is -0.384. The van der Waals surface area contributed by atoms with Gasteiger partial charge in [0.05, 0.1) is 4.92 Å². The van der Waals surface area contributed by atoms with Gasteiger partial charge in [0.15, 0.2) is 0 Å². The minimum Gasteiger partial charge on any atom is -0.366 e. The predicted octanol–water partition coefficient (Wildman–Crippen LogP) is 3.74. The molecule has 0 atom stereocenters. The van der Waals surface area contributed by atoms with Crippen molar-refractivity contribution in [3.63, 3.8) is 0 Å². The van der Waals surface area contributed by atoms with Crippen molar-refractivity contribution in [2.24, 2.45) is 0 Å². The minimum atomic E-state index is -4.52. The number of carbonyl (C=O) groups excluding carboxylic acids is 2. The van der Waals surface area contributed by atoms with E-state index < -0.39 is 29.5 Å². The Kier molecular flexibility index (Phi) is 6.42. The summed E-state index contributed by atoms with van der Waals surface area (Å²) in [6.45, 7) is -0.0128. The Morgan fingerprint density at radius 1 is 1.00 bits per heavy atom. The first-order chi connectivity index (χ1) is 14.6. The highest BCUT2D eigenvalue weighted by molar-refractivity contribution is 6.05. The van der Waals surface area contributed by atoms with Crippen LogP contribution in [0.25, 0.3) is 0 Å². The third-order valence-corrected chi connectivity index (χ3v) is 4.74. The number of anilines is 2. The van der Waals surface area contributed by atoms with Crippen molar-refractivity contribution in [2.45, 2.75) is 19.0 Å². The van der Waals surface area contributed by atoms with Crippen LogP contribution in [0.4, 0.5) is 30.2 Å². The molecule has 1 heterocycles. The number of nitro benzene ring substituents is 1. The Morgan fingerprint density at radius 3 is 2.19 bits per heavy atom. The normalized spacial score (nSPS) is 13.7. The fourth-order valence-corrected chi connectivity index (χ4v) is 3.23. The standard InChI is InChI=1S/C20H19F3N4O4/c21-20(22,23)12-24-18(28)13-3-6-15(7-4-13)25-19(29)14-5-8-16(17(11-14)27(30)31)26-9-1-2-10-26/h3-8,11H,1-2,9-10,12H2,(H,24,28)(H,25,29). The maximum Gasteiger partial charge on any atom is 0.405 e. The van der Waals surface area contributed by atoms with E-state index in [1.807, 2.05) is 4.90 Å². The highest BCUT2D eigenvalue weighted by Gasteiger charge is 2.28. The highest BCUT2D eigenvalue weighted by atomic mass is 19.4. The van der Waals surface area contributed by atoms with Crippen molar-refractivity contribution in [3.8, 4) is 0 Å². The molecule has 1 fully saturated rings. The van der Waals surface area contributed by atoms with Gasteiger partial charge in [0.1, 0.15) is 12.2 Å². The van der Waals surface area contributed by atoms with Crippen LogP contribution in [-0.4, -0.2) is 42.5 Å². The maximum atomic E-state index is 12.5. The van der Waals surface area contributed by atoms with Gasteiger partial charge in [-0.1, -0.05) is 0 Å². The lowest BCUT2D eigenvalue weighted by Gasteiger charge is -2.17. The van der Waals surface area contributed by atoms with E-state index in [4.69, 9.17) is 0 Å². The Labute approximate surface area is 175 Å². The number of nitro groups is 1. The number of alkyl halides is 3. The van der Waals surface area contributed by atoms with E-state index in [1.54, 1.807) is 11.4 Å². The molecule has 2 N–H and O–H groups in total. The van der Waals surface area contributed by atoms with Crippen molar-refractivity contribution in [3.05, 3.63) is 63.7 Å². The molecule has 8 nitrogen and oxygen atoms in total. The number of benzene rings is 2. The average Bonchev–Trinajstić information content (AvgIpc) is 3.26. The average molecular weight is 436 g/mol. The number of carbonyl (C=O) groups is 2. The predicted molar refractivity (Wildman–Crippen MR) is 107 cm³/mol. The first-order valence-electron chi connectivity index (χ1n) is 9.44. The number of hydrogen-bond donors (Lipinski definition) is 2. The van der Waals surface area contributed by atoms with Crippen LogP contribution in [0, 0.1) is 10.1 Å². The van der Waals surface area contributed by atoms with Gasteiger partial charge in [0, 0.05) is 36.0 Å². The van der Waals surface area contributed by atoms with E-state index in [0.29, 0.717) is 5.69 Å². The van der Waals surface area contributed by atoms with E-state index >= 15 is 0 Å². The van der Waals surface area contributed by atoms with Crippen LogP contribution in [0.15, 0.2) is 42.5 Å². The van der Waals surface area contributed by atoms with Gasteiger partial charge in [-0.25, -0.2) is 0 Å². The molecule has 1 aliphatic heterocycles. The molecule has 11 heteroatoms. The van der Waals surface area contributed by atoms with Crippen LogP contribution in [0.2, 0.25) is 0 Å². The highest BCUT2D eigenvalue weighted by Crippen LogP contribution is 2.32. The molecule has 0 saturated carbocycles. The van der Waals surface area contributed by atoms with E-state index in [1.165, 1.54) is 36.4 Å². The van der Waals surface area contributed by atoms with Crippen LogP contribution in [-0.2, 0) is 0 Å². The number of amides is 2. The quantitative estimate of drug-likeness (QED) is 0.530. The van der Waals surface area contributed by atoms with Crippen molar-refractivity contribution in [2.75, 3.05) is 29.9 Å². The van der Waals surface area contributed by atoms with Gasteiger partial charge >= 0.3 is 6.18 Å². The van der Waals surface area contributed by atoms with Crippen LogP contribution >= 0.6 is 0 Å². The van der Waals surface area contributed by atoms with Gasteiger partial charge in [0.25, 0.3) is 17.5 Å². The summed E-state index contributed by atoms with van der Waals surface area (Å²) in [5.41, 5.74) is 0.664. The van der Waals surface area contributed by atoms with Gasteiger partial charge < -0.3 is 15.5 Å².